The fourth-order valence-electron chi connectivity index (χ4n) is 2.50. The number of nitrogens with zero attached hydrogens (tertiary/aromatic N) is 1. The molecule has 1 aliphatic rings. The highest BCUT2D eigenvalue weighted by atomic mass is 16.1. The van der Waals surface area contributed by atoms with Crippen molar-refractivity contribution in [2.24, 2.45) is 0 Å². The summed E-state index contributed by atoms with van der Waals surface area (Å²) in [4.78, 5) is 23.0. The molecule has 16 heavy (non-hydrogen) atoms. The molecule has 0 bridgehead atoms. The predicted molar refractivity (Wildman–Crippen MR) is 60.9 cm³/mol. The average molecular weight is 213 g/mol. The number of aldehydes is 1. The molecule has 2 aromatic rings. The van der Waals surface area contributed by atoms with E-state index >= 15 is 0 Å². The van der Waals surface area contributed by atoms with Crippen LogP contribution in [0.5, 0.6) is 0 Å². The molecule has 0 saturated heterocycles. The van der Waals surface area contributed by atoms with Gasteiger partial charge in [0.05, 0.1) is 11.3 Å². The van der Waals surface area contributed by atoms with Crippen molar-refractivity contribution >= 4 is 23.0 Å². The molecule has 1 aromatic carbocycles. The molecule has 0 unspecified atom stereocenters. The van der Waals surface area contributed by atoms with E-state index in [1.165, 1.54) is 0 Å². The zero-order chi connectivity index (χ0) is 11.1. The molecule has 80 valence electrons. The van der Waals surface area contributed by atoms with E-state index in [-0.39, 0.29) is 5.78 Å². The van der Waals surface area contributed by atoms with Gasteiger partial charge in [0.15, 0.2) is 12.1 Å². The van der Waals surface area contributed by atoms with Crippen LogP contribution in [0.15, 0.2) is 24.3 Å². The van der Waals surface area contributed by atoms with E-state index in [2.05, 4.69) is 0 Å². The summed E-state index contributed by atoms with van der Waals surface area (Å²) in [7, 11) is 0. The molecule has 0 aliphatic carbocycles. The van der Waals surface area contributed by atoms with E-state index in [1.54, 1.807) is 0 Å². The van der Waals surface area contributed by atoms with Crippen LogP contribution in [-0.4, -0.2) is 16.6 Å². The Morgan fingerprint density at radius 2 is 2.06 bits per heavy atom. The minimum atomic E-state index is 0.0875. The highest BCUT2D eigenvalue weighted by molar-refractivity contribution is 6.11. The van der Waals surface area contributed by atoms with Gasteiger partial charge < -0.3 is 4.57 Å². The van der Waals surface area contributed by atoms with Crippen LogP contribution in [-0.2, 0) is 6.54 Å². The molecule has 1 aromatic heterocycles. The molecule has 1 aliphatic heterocycles. The largest absolute Gasteiger partial charge is 0.337 e. The summed E-state index contributed by atoms with van der Waals surface area (Å²) in [5, 5.41) is 0.891. The topological polar surface area (TPSA) is 39.1 Å². The molecule has 2 heterocycles. The van der Waals surface area contributed by atoms with Crippen LogP contribution in [0.2, 0.25) is 0 Å². The Balaban J connectivity index is 2.47. The van der Waals surface area contributed by atoms with Crippen LogP contribution in [0.4, 0.5) is 0 Å². The first-order chi connectivity index (χ1) is 7.83. The highest BCUT2D eigenvalue weighted by Crippen LogP contribution is 2.29. The number of rotatable bonds is 1. The van der Waals surface area contributed by atoms with Gasteiger partial charge in [-0.15, -0.1) is 0 Å². The zero-order valence-electron chi connectivity index (χ0n) is 8.77. The number of Topliss-reactive ketones (excluding diaryl/α,β-unsaturated/α-hetero) is 1. The van der Waals surface area contributed by atoms with Crippen LogP contribution in [0, 0.1) is 0 Å². The lowest BCUT2D eigenvalue weighted by molar-refractivity contribution is 0.0950. The maximum atomic E-state index is 11.9. The van der Waals surface area contributed by atoms with Crippen LogP contribution in [0.1, 0.15) is 33.7 Å². The molecular weight excluding hydrogens is 202 g/mol. The fourth-order valence-corrected chi connectivity index (χ4v) is 2.50. The maximum absolute atomic E-state index is 11.9. The molecule has 3 rings (SSSR count). The van der Waals surface area contributed by atoms with E-state index in [0.717, 1.165) is 30.2 Å². The van der Waals surface area contributed by atoms with Crippen LogP contribution in [0.3, 0.4) is 0 Å². The third kappa shape index (κ3) is 1.08. The summed E-state index contributed by atoms with van der Waals surface area (Å²) < 4.78 is 1.98. The number of aryl methyl sites for hydroxylation is 1. The number of hydrogen-bond acceptors (Lipinski definition) is 2. The van der Waals surface area contributed by atoms with Crippen molar-refractivity contribution in [3.8, 4) is 0 Å². The standard InChI is InChI=1S/C13H11NO2/c15-8-10-9-4-1-2-5-11(9)14-7-3-6-12(16)13(10)14/h1-2,4-5,8H,3,6-7H2. The number of carbonyl (C=O) groups excluding carboxylic acids is 2. The first-order valence-corrected chi connectivity index (χ1v) is 5.42. The quantitative estimate of drug-likeness (QED) is 0.682. The second-order valence-electron chi connectivity index (χ2n) is 4.08. The van der Waals surface area contributed by atoms with Gasteiger partial charge in [-0.2, -0.15) is 0 Å². The number of fused-ring (bicyclic) bond motifs is 3. The van der Waals surface area contributed by atoms with Crippen molar-refractivity contribution in [3.05, 3.63) is 35.5 Å². The molecule has 3 heteroatoms. The number of benzene rings is 1. The molecule has 0 amide bonds. The lowest BCUT2D eigenvalue weighted by atomic mass is 10.0. The van der Waals surface area contributed by atoms with Crippen molar-refractivity contribution < 1.29 is 9.59 Å². The highest BCUT2D eigenvalue weighted by Gasteiger charge is 2.24. The Bertz CT molecular complexity index is 595. The Morgan fingerprint density at radius 1 is 1.25 bits per heavy atom. The molecule has 0 spiro atoms. The van der Waals surface area contributed by atoms with Gasteiger partial charge in [0, 0.05) is 23.9 Å². The van der Waals surface area contributed by atoms with E-state index in [1.807, 2.05) is 28.8 Å². The molecule has 0 atom stereocenters. The lowest BCUT2D eigenvalue weighted by Crippen LogP contribution is -2.17. The van der Waals surface area contributed by atoms with Gasteiger partial charge in [-0.05, 0) is 12.5 Å². The van der Waals surface area contributed by atoms with Gasteiger partial charge in [0.2, 0.25) is 0 Å². The SMILES string of the molecule is O=Cc1c2n(c3ccccc13)CCCC2=O. The van der Waals surface area contributed by atoms with Crippen LogP contribution >= 0.6 is 0 Å². The number of carbonyl (C=O) groups is 2. The lowest BCUT2D eigenvalue weighted by Gasteiger charge is -2.15. The van der Waals surface area contributed by atoms with Crippen molar-refractivity contribution in [1.29, 1.82) is 0 Å². The zero-order valence-corrected chi connectivity index (χ0v) is 8.77. The fraction of sp³-hybridized carbons (Fsp3) is 0.231. The summed E-state index contributed by atoms with van der Waals surface area (Å²) in [5.41, 5.74) is 2.15. The number of hydrogen-bond donors (Lipinski definition) is 0. The first-order valence-electron chi connectivity index (χ1n) is 5.42. The second-order valence-corrected chi connectivity index (χ2v) is 4.08. The van der Waals surface area contributed by atoms with Crippen molar-refractivity contribution in [1.82, 2.24) is 4.57 Å². The molecule has 3 nitrogen and oxygen atoms in total. The Labute approximate surface area is 92.7 Å². The molecule has 0 N–H and O–H groups in total. The molecular formula is C13H11NO2. The van der Waals surface area contributed by atoms with E-state index in [4.69, 9.17) is 0 Å². The van der Waals surface area contributed by atoms with Gasteiger partial charge in [0.1, 0.15) is 0 Å². The number of ketones is 1. The van der Waals surface area contributed by atoms with E-state index in [0.29, 0.717) is 17.7 Å². The third-order valence-corrected chi connectivity index (χ3v) is 3.18. The molecule has 0 saturated carbocycles. The Hall–Kier alpha value is -1.90. The summed E-state index contributed by atoms with van der Waals surface area (Å²) in [6, 6.07) is 7.69. The van der Waals surface area contributed by atoms with Gasteiger partial charge in [-0.1, -0.05) is 18.2 Å². The van der Waals surface area contributed by atoms with E-state index in [9.17, 15) is 9.59 Å². The second kappa shape index (κ2) is 3.30. The monoisotopic (exact) mass is 213 g/mol. The van der Waals surface area contributed by atoms with Gasteiger partial charge in [-0.25, -0.2) is 0 Å². The van der Waals surface area contributed by atoms with E-state index < -0.39 is 0 Å². The smallest absolute Gasteiger partial charge is 0.180 e. The summed E-state index contributed by atoms with van der Waals surface area (Å²) in [6.07, 6.45) is 2.22. The first kappa shape index (κ1) is 9.33. The summed E-state index contributed by atoms with van der Waals surface area (Å²) in [6.45, 7) is 0.829. The molecule has 0 radical (unpaired) electrons. The average Bonchev–Trinajstić information content (AvgIpc) is 2.65. The summed E-state index contributed by atoms with van der Waals surface area (Å²) in [5.74, 6) is 0.0875. The summed E-state index contributed by atoms with van der Waals surface area (Å²) >= 11 is 0. The van der Waals surface area contributed by atoms with Crippen molar-refractivity contribution in [3.63, 3.8) is 0 Å². The van der Waals surface area contributed by atoms with Crippen molar-refractivity contribution in [2.75, 3.05) is 0 Å². The van der Waals surface area contributed by atoms with Crippen LogP contribution < -0.4 is 0 Å². The minimum absolute atomic E-state index is 0.0875. The maximum Gasteiger partial charge on any atom is 0.180 e. The molecule has 0 fully saturated rings. The van der Waals surface area contributed by atoms with Gasteiger partial charge >= 0.3 is 0 Å². The van der Waals surface area contributed by atoms with Gasteiger partial charge in [-0.3, -0.25) is 9.59 Å². The Morgan fingerprint density at radius 3 is 2.88 bits per heavy atom. The Kier molecular flexibility index (Phi) is 1.93. The third-order valence-electron chi connectivity index (χ3n) is 3.18. The van der Waals surface area contributed by atoms with Crippen LogP contribution in [0.25, 0.3) is 10.9 Å². The minimum Gasteiger partial charge on any atom is -0.337 e. The number of aromatic nitrogens is 1. The van der Waals surface area contributed by atoms with Crippen molar-refractivity contribution in [2.45, 2.75) is 19.4 Å². The normalized spacial score (nSPS) is 15.1. The predicted octanol–water partition coefficient (Wildman–Crippen LogP) is 2.43. The van der Waals surface area contributed by atoms with Gasteiger partial charge in [0.25, 0.3) is 0 Å². The number of para-hydroxylation sites is 1.